The number of hydrogen-bond acceptors (Lipinski definition) is 7. The van der Waals surface area contributed by atoms with Crippen molar-refractivity contribution in [3.63, 3.8) is 0 Å². The Balaban J connectivity index is 2.98. The molecule has 4 atom stereocenters. The van der Waals surface area contributed by atoms with E-state index in [1.165, 1.54) is 6.20 Å². The Kier molecular flexibility index (Phi) is 9.66. The largest absolute Gasteiger partial charge is 0.394 e. The van der Waals surface area contributed by atoms with Crippen molar-refractivity contribution in [3.8, 4) is 0 Å². The third-order valence-corrected chi connectivity index (χ3v) is 8.17. The van der Waals surface area contributed by atoms with Crippen LogP contribution in [0.1, 0.15) is 72.3 Å². The standard InChI is InChI=1S/C19H35N2O8P/c1-5-18(4,29-30(27,28)19(26,6-2)7-3)11-8-9-14(15(23)13-22)21-12-10-16(24)20-17(21)25/h10,12,14-15,22-23,26H,5-9,11,13H2,1-4H3,(H,27,28)(H,20,24,25)/t14-,15-,18?/m1/s1. The maximum absolute atomic E-state index is 12.8. The van der Waals surface area contributed by atoms with Gasteiger partial charge in [-0.15, -0.1) is 0 Å². The van der Waals surface area contributed by atoms with E-state index in [1.807, 2.05) is 0 Å². The molecule has 1 rings (SSSR count). The van der Waals surface area contributed by atoms with Crippen LogP contribution in [-0.2, 0) is 9.09 Å². The molecule has 10 nitrogen and oxygen atoms in total. The van der Waals surface area contributed by atoms with Gasteiger partial charge in [0.15, 0.2) is 5.34 Å². The normalized spacial score (nSPS) is 18.4. The molecule has 0 amide bonds. The lowest BCUT2D eigenvalue weighted by molar-refractivity contribution is 0.00836. The Morgan fingerprint density at radius 3 is 2.30 bits per heavy atom. The lowest BCUT2D eigenvalue weighted by atomic mass is 9.93. The van der Waals surface area contributed by atoms with Crippen molar-refractivity contribution < 1.29 is 29.3 Å². The van der Waals surface area contributed by atoms with Crippen molar-refractivity contribution >= 4 is 7.60 Å². The summed E-state index contributed by atoms with van der Waals surface area (Å²) >= 11 is 0. The fraction of sp³-hybridized carbons (Fsp3) is 0.789. The van der Waals surface area contributed by atoms with Gasteiger partial charge in [0.2, 0.25) is 0 Å². The van der Waals surface area contributed by atoms with Gasteiger partial charge in [-0.3, -0.25) is 18.9 Å². The van der Waals surface area contributed by atoms with E-state index in [2.05, 4.69) is 4.98 Å². The Bertz CT molecular complexity index is 834. The van der Waals surface area contributed by atoms with E-state index >= 15 is 0 Å². The first kappa shape index (κ1) is 26.7. The Labute approximate surface area is 176 Å². The Hall–Kier alpha value is -1.29. The summed E-state index contributed by atoms with van der Waals surface area (Å²) in [4.78, 5) is 35.9. The van der Waals surface area contributed by atoms with Crippen LogP contribution < -0.4 is 11.2 Å². The van der Waals surface area contributed by atoms with Crippen LogP contribution in [0.25, 0.3) is 0 Å². The van der Waals surface area contributed by atoms with Gasteiger partial charge < -0.3 is 24.7 Å². The second-order valence-electron chi connectivity index (χ2n) is 7.83. The molecular weight excluding hydrogens is 415 g/mol. The first-order chi connectivity index (χ1) is 13.9. The molecule has 0 radical (unpaired) electrons. The molecule has 0 aliphatic rings. The van der Waals surface area contributed by atoms with Gasteiger partial charge in [0.05, 0.1) is 24.4 Å². The maximum atomic E-state index is 12.8. The summed E-state index contributed by atoms with van der Waals surface area (Å²) in [5.41, 5.74) is -2.29. The van der Waals surface area contributed by atoms with E-state index in [0.717, 1.165) is 10.6 Å². The van der Waals surface area contributed by atoms with E-state index in [1.54, 1.807) is 27.7 Å². The monoisotopic (exact) mass is 450 g/mol. The fourth-order valence-corrected chi connectivity index (χ4v) is 5.12. The Morgan fingerprint density at radius 2 is 1.83 bits per heavy atom. The quantitative estimate of drug-likeness (QED) is 0.282. The Morgan fingerprint density at radius 1 is 1.23 bits per heavy atom. The minimum Gasteiger partial charge on any atom is -0.394 e. The zero-order chi connectivity index (χ0) is 23.2. The molecule has 0 saturated carbocycles. The van der Waals surface area contributed by atoms with Crippen LogP contribution in [0.5, 0.6) is 0 Å². The lowest BCUT2D eigenvalue weighted by Crippen LogP contribution is -2.38. The molecule has 0 fully saturated rings. The summed E-state index contributed by atoms with van der Waals surface area (Å²) in [5, 5.41) is 28.2. The minimum atomic E-state index is -4.34. The number of H-pyrrole nitrogens is 1. The second-order valence-corrected chi connectivity index (χ2v) is 9.89. The van der Waals surface area contributed by atoms with Gasteiger partial charge in [-0.05, 0) is 45.4 Å². The van der Waals surface area contributed by atoms with Crippen LogP contribution in [0.2, 0.25) is 0 Å². The second kappa shape index (κ2) is 10.8. The van der Waals surface area contributed by atoms with E-state index in [9.17, 15) is 34.4 Å². The van der Waals surface area contributed by atoms with Crippen molar-refractivity contribution in [1.82, 2.24) is 9.55 Å². The van der Waals surface area contributed by atoms with Gasteiger partial charge in [0, 0.05) is 12.3 Å². The van der Waals surface area contributed by atoms with E-state index in [0.29, 0.717) is 19.3 Å². The summed E-state index contributed by atoms with van der Waals surface area (Å²) in [5.74, 6) is 0. The smallest absolute Gasteiger partial charge is 0.359 e. The van der Waals surface area contributed by atoms with E-state index in [4.69, 9.17) is 4.52 Å². The number of hydrogen-bond donors (Lipinski definition) is 5. The molecule has 30 heavy (non-hydrogen) atoms. The highest BCUT2D eigenvalue weighted by molar-refractivity contribution is 7.54. The molecule has 0 bridgehead atoms. The zero-order valence-electron chi connectivity index (χ0n) is 18.1. The molecule has 0 aliphatic heterocycles. The van der Waals surface area contributed by atoms with Crippen LogP contribution in [0.15, 0.2) is 21.9 Å². The van der Waals surface area contributed by atoms with Crippen molar-refractivity contribution in [3.05, 3.63) is 33.1 Å². The maximum Gasteiger partial charge on any atom is 0.359 e. The first-order valence-electron chi connectivity index (χ1n) is 10.2. The summed E-state index contributed by atoms with van der Waals surface area (Å²) in [6.45, 7) is 6.11. The average molecular weight is 450 g/mol. The van der Waals surface area contributed by atoms with Crippen molar-refractivity contribution in [2.24, 2.45) is 0 Å². The molecule has 11 heteroatoms. The molecule has 0 aromatic carbocycles. The number of nitrogens with one attached hydrogen (secondary N) is 1. The molecule has 174 valence electrons. The molecule has 1 aromatic rings. The summed E-state index contributed by atoms with van der Waals surface area (Å²) < 4.78 is 19.5. The number of aliphatic hydroxyl groups excluding tert-OH is 2. The summed E-state index contributed by atoms with van der Waals surface area (Å²) in [6, 6.07) is 0.348. The van der Waals surface area contributed by atoms with Crippen LogP contribution in [0, 0.1) is 0 Å². The zero-order valence-corrected chi connectivity index (χ0v) is 19.0. The molecule has 5 N–H and O–H groups in total. The summed E-state index contributed by atoms with van der Waals surface area (Å²) in [6.07, 6.45) is 1.48. The van der Waals surface area contributed by atoms with Crippen LogP contribution in [-0.4, -0.2) is 53.4 Å². The van der Waals surface area contributed by atoms with Gasteiger partial charge in [0.25, 0.3) is 5.56 Å². The minimum absolute atomic E-state index is 0.0664. The van der Waals surface area contributed by atoms with Gasteiger partial charge in [0.1, 0.15) is 0 Å². The highest BCUT2D eigenvalue weighted by atomic mass is 31.2. The molecule has 0 spiro atoms. The van der Waals surface area contributed by atoms with Gasteiger partial charge in [-0.1, -0.05) is 20.8 Å². The number of aromatic amines is 1. The topological polar surface area (TPSA) is 162 Å². The number of aromatic nitrogens is 2. The van der Waals surface area contributed by atoms with Crippen LogP contribution >= 0.6 is 7.60 Å². The molecule has 1 heterocycles. The molecular formula is C19H35N2O8P. The van der Waals surface area contributed by atoms with Crippen molar-refractivity contribution in [2.45, 2.75) is 89.3 Å². The van der Waals surface area contributed by atoms with Crippen molar-refractivity contribution in [2.75, 3.05) is 6.61 Å². The van der Waals surface area contributed by atoms with Crippen LogP contribution in [0.3, 0.4) is 0 Å². The third-order valence-electron chi connectivity index (χ3n) is 5.80. The van der Waals surface area contributed by atoms with Crippen LogP contribution in [0.4, 0.5) is 0 Å². The van der Waals surface area contributed by atoms with E-state index in [-0.39, 0.29) is 19.3 Å². The molecule has 0 saturated heterocycles. The molecule has 2 unspecified atom stereocenters. The van der Waals surface area contributed by atoms with Crippen molar-refractivity contribution in [1.29, 1.82) is 0 Å². The highest BCUT2D eigenvalue weighted by Gasteiger charge is 2.48. The number of rotatable bonds is 13. The van der Waals surface area contributed by atoms with Gasteiger partial charge in [-0.25, -0.2) is 4.79 Å². The third kappa shape index (κ3) is 6.35. The average Bonchev–Trinajstić information content (AvgIpc) is 2.70. The number of aliphatic hydroxyl groups is 3. The summed E-state index contributed by atoms with van der Waals surface area (Å²) in [7, 11) is -4.34. The van der Waals surface area contributed by atoms with Gasteiger partial charge >= 0.3 is 13.3 Å². The van der Waals surface area contributed by atoms with E-state index < -0.39 is 48.5 Å². The lowest BCUT2D eigenvalue weighted by Gasteiger charge is -2.37. The number of nitrogens with zero attached hydrogens (tertiary/aromatic N) is 1. The SMILES string of the molecule is CCC(C)(CCC[C@H]([C@H](O)CO)n1ccc(=O)[nH]c1=O)OP(=O)(O)C(O)(CC)CC. The predicted molar refractivity (Wildman–Crippen MR) is 112 cm³/mol. The molecule has 0 aliphatic carbocycles. The van der Waals surface area contributed by atoms with Gasteiger partial charge in [-0.2, -0.15) is 0 Å². The highest BCUT2D eigenvalue weighted by Crippen LogP contribution is 2.60. The fourth-order valence-electron chi connectivity index (χ4n) is 3.33. The first-order valence-corrected chi connectivity index (χ1v) is 11.8. The molecule has 1 aromatic heterocycles. The predicted octanol–water partition coefficient (Wildman–Crippen LogP) is 1.48.